The Hall–Kier alpha value is -2.96. The van der Waals surface area contributed by atoms with E-state index in [9.17, 15) is 4.79 Å². The number of anilines is 1. The minimum atomic E-state index is -0.263. The lowest BCUT2D eigenvalue weighted by atomic mass is 10.1. The predicted molar refractivity (Wildman–Crippen MR) is 98.0 cm³/mol. The summed E-state index contributed by atoms with van der Waals surface area (Å²) in [6.07, 6.45) is 6.99. The van der Waals surface area contributed by atoms with Gasteiger partial charge in [-0.2, -0.15) is 4.98 Å². The van der Waals surface area contributed by atoms with Crippen molar-refractivity contribution < 1.29 is 9.32 Å². The van der Waals surface area contributed by atoms with Crippen molar-refractivity contribution in [3.63, 3.8) is 0 Å². The minimum Gasteiger partial charge on any atom is -0.339 e. The molecule has 0 radical (unpaired) electrons. The zero-order valence-corrected chi connectivity index (χ0v) is 14.4. The van der Waals surface area contributed by atoms with Gasteiger partial charge in [0.05, 0.1) is 11.2 Å². The number of pyridine rings is 1. The molecular formula is C19H21N5O2. The summed E-state index contributed by atoms with van der Waals surface area (Å²) in [4.78, 5) is 20.9. The average Bonchev–Trinajstić information content (AvgIpc) is 3.34. The van der Waals surface area contributed by atoms with Crippen LogP contribution in [0.2, 0.25) is 0 Å². The van der Waals surface area contributed by atoms with Crippen molar-refractivity contribution >= 4 is 22.6 Å². The first-order valence-corrected chi connectivity index (χ1v) is 9.01. The number of fused-ring (bicyclic) bond motifs is 1. The summed E-state index contributed by atoms with van der Waals surface area (Å²) in [6, 6.07) is 9.16. The van der Waals surface area contributed by atoms with E-state index in [0.717, 1.165) is 35.3 Å². The quantitative estimate of drug-likeness (QED) is 0.732. The predicted octanol–water partition coefficient (Wildman–Crippen LogP) is 3.64. The molecule has 0 aliphatic heterocycles. The molecule has 0 spiro atoms. The Morgan fingerprint density at radius 1 is 1.19 bits per heavy atom. The third-order valence-electron chi connectivity index (χ3n) is 4.72. The van der Waals surface area contributed by atoms with E-state index < -0.39 is 0 Å². The second-order valence-electron chi connectivity index (χ2n) is 6.54. The van der Waals surface area contributed by atoms with Gasteiger partial charge in [-0.05, 0) is 37.1 Å². The number of nitrogens with zero attached hydrogens (tertiary/aromatic N) is 3. The van der Waals surface area contributed by atoms with E-state index in [-0.39, 0.29) is 6.03 Å². The molecule has 0 unspecified atom stereocenters. The van der Waals surface area contributed by atoms with Gasteiger partial charge in [-0.25, -0.2) is 4.79 Å². The molecule has 2 aromatic heterocycles. The summed E-state index contributed by atoms with van der Waals surface area (Å²) in [5.41, 5.74) is 1.58. The van der Waals surface area contributed by atoms with E-state index in [0.29, 0.717) is 24.7 Å². The first-order valence-electron chi connectivity index (χ1n) is 9.01. The van der Waals surface area contributed by atoms with Crippen LogP contribution in [0.3, 0.4) is 0 Å². The van der Waals surface area contributed by atoms with Gasteiger partial charge in [0.1, 0.15) is 0 Å². The molecule has 0 saturated heterocycles. The van der Waals surface area contributed by atoms with E-state index in [1.54, 1.807) is 6.20 Å². The molecule has 4 rings (SSSR count). The second-order valence-corrected chi connectivity index (χ2v) is 6.54. The van der Waals surface area contributed by atoms with E-state index >= 15 is 0 Å². The van der Waals surface area contributed by atoms with Gasteiger partial charge in [-0.3, -0.25) is 4.98 Å². The smallest absolute Gasteiger partial charge is 0.319 e. The summed E-state index contributed by atoms with van der Waals surface area (Å²) in [7, 11) is 0. The summed E-state index contributed by atoms with van der Waals surface area (Å²) >= 11 is 0. The maximum atomic E-state index is 12.2. The van der Waals surface area contributed by atoms with Gasteiger partial charge in [0, 0.05) is 30.5 Å². The molecule has 1 aromatic carbocycles. The van der Waals surface area contributed by atoms with Crippen LogP contribution >= 0.6 is 0 Å². The maximum Gasteiger partial charge on any atom is 0.319 e. The van der Waals surface area contributed by atoms with Crippen molar-refractivity contribution in [3.8, 4) is 0 Å². The lowest BCUT2D eigenvalue weighted by Crippen LogP contribution is -2.30. The van der Waals surface area contributed by atoms with Gasteiger partial charge in [0.15, 0.2) is 5.82 Å². The Morgan fingerprint density at radius 2 is 2.08 bits per heavy atom. The molecule has 1 fully saturated rings. The number of carbonyl (C=O) groups excluding carboxylic acids is 1. The highest BCUT2D eigenvalue weighted by molar-refractivity contribution is 6.00. The fourth-order valence-electron chi connectivity index (χ4n) is 3.37. The van der Waals surface area contributed by atoms with Crippen LogP contribution in [0.5, 0.6) is 0 Å². The lowest BCUT2D eigenvalue weighted by molar-refractivity contribution is 0.252. The molecular weight excluding hydrogens is 330 g/mol. The van der Waals surface area contributed by atoms with Crippen LogP contribution in [0.15, 0.2) is 41.1 Å². The van der Waals surface area contributed by atoms with Crippen LogP contribution in [0.4, 0.5) is 10.5 Å². The molecule has 2 amide bonds. The number of aromatic nitrogens is 3. The van der Waals surface area contributed by atoms with Crippen LogP contribution in [-0.2, 0) is 6.42 Å². The van der Waals surface area contributed by atoms with Crippen LogP contribution < -0.4 is 10.6 Å². The first kappa shape index (κ1) is 16.5. The number of amides is 2. The molecule has 2 heterocycles. The number of hydrogen-bond acceptors (Lipinski definition) is 5. The monoisotopic (exact) mass is 351 g/mol. The molecule has 1 aliphatic carbocycles. The van der Waals surface area contributed by atoms with Crippen LogP contribution in [-0.4, -0.2) is 27.7 Å². The highest BCUT2D eigenvalue weighted by atomic mass is 16.5. The Bertz CT molecular complexity index is 896. The Morgan fingerprint density at radius 3 is 2.96 bits per heavy atom. The highest BCUT2D eigenvalue weighted by Crippen LogP contribution is 2.32. The SMILES string of the molecule is O=C(NCCc1noc(C2CCCC2)n1)Nc1cccc2ncccc12. The zero-order valence-electron chi connectivity index (χ0n) is 14.4. The number of urea groups is 1. The summed E-state index contributed by atoms with van der Waals surface area (Å²) < 4.78 is 5.35. The second kappa shape index (κ2) is 7.51. The van der Waals surface area contributed by atoms with Gasteiger partial charge in [-0.15, -0.1) is 0 Å². The molecule has 3 aromatic rings. The van der Waals surface area contributed by atoms with Crippen molar-refractivity contribution in [2.24, 2.45) is 0 Å². The van der Waals surface area contributed by atoms with Crippen LogP contribution in [0.1, 0.15) is 43.3 Å². The Labute approximate surface area is 151 Å². The third kappa shape index (κ3) is 3.66. The summed E-state index contributed by atoms with van der Waals surface area (Å²) in [5.74, 6) is 1.79. The van der Waals surface area contributed by atoms with E-state index in [1.807, 2.05) is 30.3 Å². The number of carbonyl (C=O) groups is 1. The van der Waals surface area contributed by atoms with Crippen LogP contribution in [0.25, 0.3) is 10.9 Å². The Kier molecular flexibility index (Phi) is 4.77. The normalized spacial score (nSPS) is 14.6. The summed E-state index contributed by atoms with van der Waals surface area (Å²) in [6.45, 7) is 0.443. The molecule has 0 atom stereocenters. The minimum absolute atomic E-state index is 0.263. The van der Waals surface area contributed by atoms with Gasteiger partial charge in [0.25, 0.3) is 0 Å². The number of benzene rings is 1. The molecule has 7 heteroatoms. The fraction of sp³-hybridized carbons (Fsp3) is 0.368. The molecule has 26 heavy (non-hydrogen) atoms. The molecule has 1 saturated carbocycles. The molecule has 7 nitrogen and oxygen atoms in total. The van der Waals surface area contributed by atoms with Crippen molar-refractivity contribution in [2.75, 3.05) is 11.9 Å². The standard InChI is InChI=1S/C19H21N5O2/c25-19(22-16-9-3-8-15-14(16)7-4-11-20-15)21-12-10-17-23-18(26-24-17)13-5-1-2-6-13/h3-4,7-9,11,13H,1-2,5-6,10,12H2,(H2,21,22,25). The average molecular weight is 351 g/mol. The van der Waals surface area contributed by atoms with E-state index in [1.165, 1.54) is 12.8 Å². The van der Waals surface area contributed by atoms with Crippen LogP contribution in [0, 0.1) is 0 Å². The maximum absolute atomic E-state index is 12.2. The van der Waals surface area contributed by atoms with Crippen molar-refractivity contribution in [2.45, 2.75) is 38.0 Å². The van der Waals surface area contributed by atoms with Gasteiger partial charge in [-0.1, -0.05) is 24.1 Å². The van der Waals surface area contributed by atoms with Crippen molar-refractivity contribution in [3.05, 3.63) is 48.2 Å². The molecule has 2 N–H and O–H groups in total. The molecule has 134 valence electrons. The van der Waals surface area contributed by atoms with E-state index in [4.69, 9.17) is 4.52 Å². The molecule has 1 aliphatic rings. The highest BCUT2D eigenvalue weighted by Gasteiger charge is 2.22. The van der Waals surface area contributed by atoms with Gasteiger partial charge < -0.3 is 15.2 Å². The van der Waals surface area contributed by atoms with Gasteiger partial charge >= 0.3 is 6.03 Å². The Balaban J connectivity index is 1.30. The van der Waals surface area contributed by atoms with Crippen molar-refractivity contribution in [1.29, 1.82) is 0 Å². The topological polar surface area (TPSA) is 92.9 Å². The third-order valence-corrected chi connectivity index (χ3v) is 4.72. The van der Waals surface area contributed by atoms with E-state index in [2.05, 4.69) is 25.8 Å². The number of rotatable bonds is 5. The molecule has 0 bridgehead atoms. The van der Waals surface area contributed by atoms with Gasteiger partial charge in [0.2, 0.25) is 5.89 Å². The number of nitrogens with one attached hydrogen (secondary N) is 2. The number of hydrogen-bond donors (Lipinski definition) is 2. The summed E-state index contributed by atoms with van der Waals surface area (Å²) in [5, 5.41) is 10.6. The fourth-order valence-corrected chi connectivity index (χ4v) is 3.37. The zero-order chi connectivity index (χ0) is 17.8. The van der Waals surface area contributed by atoms with Crippen molar-refractivity contribution in [1.82, 2.24) is 20.4 Å². The lowest BCUT2D eigenvalue weighted by Gasteiger charge is -2.09. The first-order chi connectivity index (χ1) is 12.8. The largest absolute Gasteiger partial charge is 0.339 e.